The van der Waals surface area contributed by atoms with Crippen LogP contribution in [0.25, 0.3) is 0 Å². The molecular formula is C19H20N2O2. The molecule has 23 heavy (non-hydrogen) atoms. The van der Waals surface area contributed by atoms with Gasteiger partial charge in [0.1, 0.15) is 17.5 Å². The fourth-order valence-corrected chi connectivity index (χ4v) is 3.41. The minimum atomic E-state index is -0.217. The molecule has 4 nitrogen and oxygen atoms in total. The molecule has 2 heterocycles. The van der Waals surface area contributed by atoms with Crippen molar-refractivity contribution in [3.8, 4) is 5.75 Å². The van der Waals surface area contributed by atoms with Gasteiger partial charge in [-0.1, -0.05) is 18.2 Å². The fraction of sp³-hybridized carbons (Fsp3) is 0.316. The Labute approximate surface area is 135 Å². The molecule has 0 fully saturated rings. The molecule has 0 saturated heterocycles. The largest absolute Gasteiger partial charge is 0.487 e. The van der Waals surface area contributed by atoms with Gasteiger partial charge < -0.3 is 15.4 Å². The van der Waals surface area contributed by atoms with E-state index in [1.54, 1.807) is 0 Å². The monoisotopic (exact) mass is 308 g/mol. The van der Waals surface area contributed by atoms with Gasteiger partial charge in [-0.05, 0) is 55.7 Å². The normalized spacial score (nSPS) is 20.8. The van der Waals surface area contributed by atoms with Gasteiger partial charge in [-0.25, -0.2) is 0 Å². The molecule has 1 unspecified atom stereocenters. The number of benzene rings is 2. The molecule has 0 bridgehead atoms. The lowest BCUT2D eigenvalue weighted by Crippen LogP contribution is -2.38. The van der Waals surface area contributed by atoms with Crippen LogP contribution in [0.4, 0.5) is 5.69 Å². The molecule has 2 N–H and O–H groups in total. The molecule has 0 saturated carbocycles. The summed E-state index contributed by atoms with van der Waals surface area (Å²) in [6, 6.07) is 11.9. The van der Waals surface area contributed by atoms with E-state index < -0.39 is 0 Å². The predicted molar refractivity (Wildman–Crippen MR) is 89.9 cm³/mol. The number of carbonyl (C=O) groups is 1. The summed E-state index contributed by atoms with van der Waals surface area (Å²) in [5.41, 5.74) is 4.78. The van der Waals surface area contributed by atoms with Crippen LogP contribution in [0.5, 0.6) is 5.75 Å². The fourth-order valence-electron chi connectivity index (χ4n) is 3.41. The van der Waals surface area contributed by atoms with E-state index in [0.29, 0.717) is 5.56 Å². The second kappa shape index (κ2) is 4.75. The lowest BCUT2D eigenvalue weighted by molar-refractivity contribution is 0.0935. The maximum atomic E-state index is 12.4. The summed E-state index contributed by atoms with van der Waals surface area (Å²) in [5, 5.41) is 6.49. The molecule has 2 aromatic carbocycles. The van der Waals surface area contributed by atoms with Gasteiger partial charge in [-0.3, -0.25) is 4.79 Å². The Morgan fingerprint density at radius 3 is 2.83 bits per heavy atom. The molecule has 2 aromatic rings. The molecule has 4 rings (SSSR count). The lowest BCUT2D eigenvalue weighted by atomic mass is 9.98. The van der Waals surface area contributed by atoms with Crippen LogP contribution in [-0.2, 0) is 6.42 Å². The highest BCUT2D eigenvalue weighted by atomic mass is 16.5. The quantitative estimate of drug-likeness (QED) is 0.847. The number of aryl methyl sites for hydroxylation is 1. The highest BCUT2D eigenvalue weighted by molar-refractivity contribution is 6.02. The van der Waals surface area contributed by atoms with Crippen molar-refractivity contribution in [3.05, 3.63) is 58.7 Å². The number of ether oxygens (including phenoxy) is 1. The number of carbonyl (C=O) groups excluding carboxylic acids is 1. The van der Waals surface area contributed by atoms with Crippen LogP contribution in [-0.4, -0.2) is 11.5 Å². The number of fused-ring (bicyclic) bond motifs is 2. The first-order chi connectivity index (χ1) is 10.9. The molecule has 118 valence electrons. The summed E-state index contributed by atoms with van der Waals surface area (Å²) >= 11 is 0. The highest BCUT2D eigenvalue weighted by Gasteiger charge is 2.31. The first-order valence-electron chi connectivity index (χ1n) is 7.92. The Hall–Kier alpha value is -2.49. The zero-order chi connectivity index (χ0) is 16.2. The van der Waals surface area contributed by atoms with Crippen molar-refractivity contribution in [2.45, 2.75) is 39.0 Å². The van der Waals surface area contributed by atoms with E-state index in [1.165, 1.54) is 5.56 Å². The lowest BCUT2D eigenvalue weighted by Gasteiger charge is -2.29. The van der Waals surface area contributed by atoms with Crippen molar-refractivity contribution in [2.75, 3.05) is 5.32 Å². The van der Waals surface area contributed by atoms with Gasteiger partial charge in [-0.15, -0.1) is 0 Å². The van der Waals surface area contributed by atoms with E-state index in [4.69, 9.17) is 4.74 Å². The van der Waals surface area contributed by atoms with Crippen molar-refractivity contribution in [1.29, 1.82) is 0 Å². The van der Waals surface area contributed by atoms with Crippen LogP contribution in [0, 0.1) is 6.92 Å². The minimum absolute atomic E-state index is 0.0375. The van der Waals surface area contributed by atoms with Crippen molar-refractivity contribution < 1.29 is 9.53 Å². The van der Waals surface area contributed by atoms with E-state index in [9.17, 15) is 4.79 Å². The summed E-state index contributed by atoms with van der Waals surface area (Å²) in [6.07, 6.45) is 0.664. The van der Waals surface area contributed by atoms with Crippen molar-refractivity contribution in [3.63, 3.8) is 0 Å². The smallest absolute Gasteiger partial charge is 0.255 e. The van der Waals surface area contributed by atoms with E-state index in [-0.39, 0.29) is 17.7 Å². The third-order valence-electron chi connectivity index (χ3n) is 4.50. The van der Waals surface area contributed by atoms with Gasteiger partial charge in [0.05, 0.1) is 11.3 Å². The standard InChI is InChI=1S/C19H20N2O2/c1-11-5-4-6-14-16(11)20-17(21-18(14)22)12-7-8-15-13(9-12)10-19(2,3)23-15/h4-9,17,20H,10H2,1-3H3,(H,21,22). The summed E-state index contributed by atoms with van der Waals surface area (Å²) in [7, 11) is 0. The van der Waals surface area contributed by atoms with Gasteiger partial charge in [0, 0.05) is 6.42 Å². The SMILES string of the molecule is Cc1cccc2c1NC(c1ccc3c(c1)CC(C)(C)O3)NC2=O. The number of rotatable bonds is 1. The summed E-state index contributed by atoms with van der Waals surface area (Å²) in [4.78, 5) is 12.4. The molecule has 0 spiro atoms. The zero-order valence-electron chi connectivity index (χ0n) is 13.6. The Morgan fingerprint density at radius 1 is 1.17 bits per heavy atom. The summed E-state index contributed by atoms with van der Waals surface area (Å²) < 4.78 is 5.93. The van der Waals surface area contributed by atoms with E-state index in [2.05, 4.69) is 30.5 Å². The summed E-state index contributed by atoms with van der Waals surface area (Å²) in [6.45, 7) is 6.19. The Balaban J connectivity index is 1.69. The number of para-hydroxylation sites is 1. The Morgan fingerprint density at radius 2 is 2.00 bits per heavy atom. The molecule has 2 aliphatic heterocycles. The van der Waals surface area contributed by atoms with Crippen molar-refractivity contribution >= 4 is 11.6 Å². The number of nitrogens with one attached hydrogen (secondary N) is 2. The third-order valence-corrected chi connectivity index (χ3v) is 4.50. The molecule has 4 heteroatoms. The molecule has 0 radical (unpaired) electrons. The van der Waals surface area contributed by atoms with Crippen LogP contribution in [0.1, 0.15) is 47.1 Å². The Bertz CT molecular complexity index is 811. The minimum Gasteiger partial charge on any atom is -0.487 e. The summed E-state index contributed by atoms with van der Waals surface area (Å²) in [5.74, 6) is 0.905. The van der Waals surface area contributed by atoms with Gasteiger partial charge in [0.2, 0.25) is 0 Å². The van der Waals surface area contributed by atoms with Crippen LogP contribution < -0.4 is 15.4 Å². The first-order valence-corrected chi connectivity index (χ1v) is 7.92. The van der Waals surface area contributed by atoms with Crippen molar-refractivity contribution in [1.82, 2.24) is 5.32 Å². The topological polar surface area (TPSA) is 50.4 Å². The second-order valence-electron chi connectivity index (χ2n) is 6.95. The predicted octanol–water partition coefficient (Wildman–Crippen LogP) is 3.56. The van der Waals surface area contributed by atoms with Crippen LogP contribution in [0.15, 0.2) is 36.4 Å². The Kier molecular flexibility index (Phi) is 2.92. The third kappa shape index (κ3) is 2.34. The van der Waals surface area contributed by atoms with E-state index in [1.807, 2.05) is 37.3 Å². The van der Waals surface area contributed by atoms with Crippen LogP contribution >= 0.6 is 0 Å². The molecule has 0 aliphatic carbocycles. The maximum Gasteiger partial charge on any atom is 0.255 e. The number of amides is 1. The molecule has 1 atom stereocenters. The first kappa shape index (κ1) is 14.1. The van der Waals surface area contributed by atoms with Crippen molar-refractivity contribution in [2.24, 2.45) is 0 Å². The average molecular weight is 308 g/mol. The van der Waals surface area contributed by atoms with Crippen LogP contribution in [0.3, 0.4) is 0 Å². The number of hydrogen-bond acceptors (Lipinski definition) is 3. The van der Waals surface area contributed by atoms with Gasteiger partial charge in [0.25, 0.3) is 5.91 Å². The second-order valence-corrected chi connectivity index (χ2v) is 6.95. The number of anilines is 1. The average Bonchev–Trinajstić information content (AvgIpc) is 2.81. The van der Waals surface area contributed by atoms with E-state index in [0.717, 1.165) is 29.0 Å². The number of hydrogen-bond donors (Lipinski definition) is 2. The van der Waals surface area contributed by atoms with Gasteiger partial charge in [0.15, 0.2) is 0 Å². The van der Waals surface area contributed by atoms with E-state index >= 15 is 0 Å². The molecule has 2 aliphatic rings. The molecule has 1 amide bonds. The van der Waals surface area contributed by atoms with Gasteiger partial charge in [-0.2, -0.15) is 0 Å². The highest BCUT2D eigenvalue weighted by Crippen LogP contribution is 2.37. The van der Waals surface area contributed by atoms with Crippen LogP contribution in [0.2, 0.25) is 0 Å². The zero-order valence-corrected chi connectivity index (χ0v) is 13.6. The molecule has 0 aromatic heterocycles. The van der Waals surface area contributed by atoms with Gasteiger partial charge >= 0.3 is 0 Å². The molecular weight excluding hydrogens is 288 g/mol. The maximum absolute atomic E-state index is 12.4.